The van der Waals surface area contributed by atoms with Gasteiger partial charge in [-0.2, -0.15) is 4.39 Å². The number of nitrogens with zero attached hydrogens (tertiary/aromatic N) is 3. The molecule has 13 heteroatoms. The number of anilines is 2. The third-order valence-corrected chi connectivity index (χ3v) is 4.24. The van der Waals surface area contributed by atoms with Gasteiger partial charge in [0.2, 0.25) is 11.6 Å². The molecule has 2 aromatic rings. The van der Waals surface area contributed by atoms with Gasteiger partial charge >= 0.3 is 12.4 Å². The molecular formula is C17H12F6N4O3. The number of carbonyl (C=O) groups excluding carboxylic acids is 2. The number of imide groups is 1. The van der Waals surface area contributed by atoms with Crippen LogP contribution in [0.3, 0.4) is 0 Å². The molecule has 1 unspecified atom stereocenters. The molecule has 1 aromatic heterocycles. The van der Waals surface area contributed by atoms with E-state index in [2.05, 4.69) is 9.72 Å². The van der Waals surface area contributed by atoms with Crippen LogP contribution in [0.2, 0.25) is 0 Å². The maximum Gasteiger partial charge on any atom is 0.573 e. The van der Waals surface area contributed by atoms with Crippen molar-refractivity contribution in [3.05, 3.63) is 47.4 Å². The van der Waals surface area contributed by atoms with Crippen molar-refractivity contribution >= 4 is 23.4 Å². The molecule has 2 N–H and O–H groups in total. The van der Waals surface area contributed by atoms with Crippen molar-refractivity contribution in [1.29, 1.82) is 0 Å². The first kappa shape index (κ1) is 21.2. The molecule has 1 fully saturated rings. The lowest BCUT2D eigenvalue weighted by Crippen LogP contribution is -2.34. The number of nitrogen functional groups attached to an aromatic ring is 1. The minimum absolute atomic E-state index is 0.0793. The summed E-state index contributed by atoms with van der Waals surface area (Å²) in [4.78, 5) is 30.0. The number of aromatic nitrogens is 1. The van der Waals surface area contributed by atoms with E-state index in [1.54, 1.807) is 0 Å². The first-order valence-corrected chi connectivity index (χ1v) is 8.19. The Hall–Kier alpha value is -3.51. The minimum atomic E-state index is -5.49. The van der Waals surface area contributed by atoms with E-state index in [4.69, 9.17) is 5.73 Å². The molecule has 1 atom stereocenters. The van der Waals surface area contributed by atoms with Crippen LogP contribution in [-0.2, 0) is 11.3 Å². The Bertz CT molecular complexity index is 1030. The van der Waals surface area contributed by atoms with Gasteiger partial charge in [0.1, 0.15) is 11.9 Å². The van der Waals surface area contributed by atoms with Gasteiger partial charge in [0.15, 0.2) is 11.6 Å². The van der Waals surface area contributed by atoms with Gasteiger partial charge in [-0.05, 0) is 24.6 Å². The molecule has 1 aliphatic heterocycles. The Morgan fingerprint density at radius 3 is 2.43 bits per heavy atom. The second-order valence-corrected chi connectivity index (χ2v) is 6.23. The number of benzene rings is 1. The fourth-order valence-electron chi connectivity index (χ4n) is 2.86. The van der Waals surface area contributed by atoms with E-state index in [1.807, 2.05) is 0 Å². The van der Waals surface area contributed by atoms with E-state index in [0.717, 1.165) is 4.90 Å². The predicted molar refractivity (Wildman–Crippen MR) is 89.5 cm³/mol. The zero-order chi connectivity index (χ0) is 22.4. The highest BCUT2D eigenvalue weighted by Crippen LogP contribution is 2.37. The Kier molecular flexibility index (Phi) is 5.22. The van der Waals surface area contributed by atoms with Crippen LogP contribution in [0.25, 0.3) is 0 Å². The summed E-state index contributed by atoms with van der Waals surface area (Å²) in [5.41, 5.74) is 4.82. The fraction of sp³-hybridized carbons (Fsp3) is 0.235. The number of carbonyl (C=O) groups is 2. The van der Waals surface area contributed by atoms with E-state index in [0.29, 0.717) is 5.56 Å². The van der Waals surface area contributed by atoms with E-state index in [-0.39, 0.29) is 23.3 Å². The summed E-state index contributed by atoms with van der Waals surface area (Å²) >= 11 is 0. The van der Waals surface area contributed by atoms with Crippen molar-refractivity contribution in [3.8, 4) is 5.75 Å². The number of ether oxygens (including phenoxy) is 1. The molecule has 7 nitrogen and oxygen atoms in total. The molecular weight excluding hydrogens is 422 g/mol. The minimum Gasteiger partial charge on any atom is -0.399 e. The van der Waals surface area contributed by atoms with Gasteiger partial charge in [0.25, 0.3) is 5.91 Å². The van der Waals surface area contributed by atoms with Crippen LogP contribution in [0, 0.1) is 17.5 Å². The molecule has 160 valence electrons. The predicted octanol–water partition coefficient (Wildman–Crippen LogP) is 3.34. The third-order valence-electron chi connectivity index (χ3n) is 4.24. The molecule has 3 amide bonds. The Morgan fingerprint density at radius 2 is 1.83 bits per heavy atom. The normalized spacial score (nSPS) is 17.1. The standard InChI is InChI=1S/C17H12F6N4O3/c1-7-15(28)27(16(29)26(7)6-8-2-3-25-11(24)4-8)10-5-9(18)14(13(20)12(10)19)30-17(21,22)23/h2-5,7H,6H2,1H3,(H2,24,25). The van der Waals surface area contributed by atoms with Crippen LogP contribution in [0.15, 0.2) is 24.4 Å². The van der Waals surface area contributed by atoms with Gasteiger partial charge in [0.05, 0.1) is 5.69 Å². The van der Waals surface area contributed by atoms with Crippen molar-refractivity contribution in [1.82, 2.24) is 9.88 Å². The van der Waals surface area contributed by atoms with Crippen molar-refractivity contribution in [3.63, 3.8) is 0 Å². The van der Waals surface area contributed by atoms with Crippen LogP contribution >= 0.6 is 0 Å². The summed E-state index contributed by atoms with van der Waals surface area (Å²) in [5.74, 6) is -9.29. The monoisotopic (exact) mass is 434 g/mol. The highest BCUT2D eigenvalue weighted by Gasteiger charge is 2.46. The second kappa shape index (κ2) is 7.39. The van der Waals surface area contributed by atoms with Gasteiger partial charge in [-0.15, -0.1) is 13.2 Å². The number of pyridine rings is 1. The average Bonchev–Trinajstić information content (AvgIpc) is 2.85. The molecule has 1 saturated heterocycles. The molecule has 1 aliphatic rings. The highest BCUT2D eigenvalue weighted by atomic mass is 19.4. The lowest BCUT2D eigenvalue weighted by molar-refractivity contribution is -0.276. The molecule has 2 heterocycles. The first-order chi connectivity index (χ1) is 13.9. The molecule has 1 aromatic carbocycles. The summed E-state index contributed by atoms with van der Waals surface area (Å²) in [6.45, 7) is 1.12. The number of alkyl halides is 3. The van der Waals surface area contributed by atoms with Gasteiger partial charge in [-0.1, -0.05) is 0 Å². The van der Waals surface area contributed by atoms with Gasteiger partial charge in [0, 0.05) is 18.8 Å². The topological polar surface area (TPSA) is 88.8 Å². The number of hydrogen-bond acceptors (Lipinski definition) is 5. The summed E-state index contributed by atoms with van der Waals surface area (Å²) < 4.78 is 82.4. The van der Waals surface area contributed by atoms with Crippen molar-refractivity contribution in [2.75, 3.05) is 10.6 Å². The van der Waals surface area contributed by atoms with E-state index in [9.17, 15) is 35.9 Å². The zero-order valence-corrected chi connectivity index (χ0v) is 15.0. The number of urea groups is 1. The Labute approximate surface area is 164 Å². The number of halogens is 6. The first-order valence-electron chi connectivity index (χ1n) is 8.19. The Balaban J connectivity index is 1.97. The van der Waals surface area contributed by atoms with Crippen molar-refractivity contribution in [2.24, 2.45) is 0 Å². The quantitative estimate of drug-likeness (QED) is 0.453. The average molecular weight is 434 g/mol. The highest BCUT2D eigenvalue weighted by molar-refractivity contribution is 6.21. The maximum absolute atomic E-state index is 14.4. The molecule has 3 rings (SSSR count). The number of hydrogen-bond donors (Lipinski definition) is 1. The van der Waals surface area contributed by atoms with Crippen molar-refractivity contribution in [2.45, 2.75) is 25.9 Å². The molecule has 0 spiro atoms. The lowest BCUT2D eigenvalue weighted by atomic mass is 10.2. The van der Waals surface area contributed by atoms with Crippen LogP contribution < -0.4 is 15.4 Å². The van der Waals surface area contributed by atoms with Crippen molar-refractivity contribution < 1.29 is 40.7 Å². The number of rotatable bonds is 4. The zero-order valence-electron chi connectivity index (χ0n) is 15.0. The van der Waals surface area contributed by atoms with Gasteiger partial charge in [-0.3, -0.25) is 4.79 Å². The van der Waals surface area contributed by atoms with Crippen LogP contribution in [-0.4, -0.2) is 34.2 Å². The SMILES string of the molecule is CC1C(=O)N(c2cc(F)c(OC(F)(F)F)c(F)c2F)C(=O)N1Cc1ccnc(N)c1. The molecule has 30 heavy (non-hydrogen) atoms. The molecule has 0 aliphatic carbocycles. The van der Waals surface area contributed by atoms with E-state index in [1.165, 1.54) is 25.3 Å². The van der Waals surface area contributed by atoms with Crippen LogP contribution in [0.1, 0.15) is 12.5 Å². The van der Waals surface area contributed by atoms with E-state index >= 15 is 0 Å². The summed E-state index contributed by atoms with van der Waals surface area (Å²) in [5, 5.41) is 0. The Morgan fingerprint density at radius 1 is 1.17 bits per heavy atom. The van der Waals surface area contributed by atoms with E-state index < -0.39 is 53.2 Å². The number of nitrogens with two attached hydrogens (primary N) is 1. The maximum atomic E-state index is 14.4. The van der Waals surface area contributed by atoms with Crippen LogP contribution in [0.5, 0.6) is 5.75 Å². The fourth-order valence-corrected chi connectivity index (χ4v) is 2.86. The largest absolute Gasteiger partial charge is 0.573 e. The summed E-state index contributed by atoms with van der Waals surface area (Å²) in [6.07, 6.45) is -4.15. The third kappa shape index (κ3) is 3.82. The summed E-state index contributed by atoms with van der Waals surface area (Å²) in [6, 6.07) is 0.687. The molecule has 0 bridgehead atoms. The summed E-state index contributed by atoms with van der Waals surface area (Å²) in [7, 11) is 0. The van der Waals surface area contributed by atoms with Gasteiger partial charge in [-0.25, -0.2) is 23.5 Å². The molecule has 0 radical (unpaired) electrons. The smallest absolute Gasteiger partial charge is 0.399 e. The second-order valence-electron chi connectivity index (χ2n) is 6.23. The van der Waals surface area contributed by atoms with Gasteiger partial charge < -0.3 is 15.4 Å². The molecule has 0 saturated carbocycles. The lowest BCUT2D eigenvalue weighted by Gasteiger charge is -2.20. The van der Waals surface area contributed by atoms with Crippen LogP contribution in [0.4, 0.5) is 42.6 Å². The number of amides is 3.